The second-order valence-electron chi connectivity index (χ2n) is 6.67. The monoisotopic (exact) mass is 421 g/mol. The van der Waals surface area contributed by atoms with Gasteiger partial charge in [-0.3, -0.25) is 0 Å². The molecule has 7 nitrogen and oxygen atoms in total. The molecule has 0 radical (unpaired) electrons. The fourth-order valence-corrected chi connectivity index (χ4v) is 3.87. The maximum atomic E-state index is 5.27. The Hall–Kier alpha value is -3.13. The summed E-state index contributed by atoms with van der Waals surface area (Å²) in [5.74, 6) is 3.54. The van der Waals surface area contributed by atoms with E-state index in [1.54, 1.807) is 18.9 Å². The van der Waals surface area contributed by atoms with Crippen molar-refractivity contribution < 1.29 is 9.26 Å². The van der Waals surface area contributed by atoms with E-state index in [4.69, 9.17) is 9.26 Å². The smallest absolute Gasteiger partial charge is 0.226 e. The van der Waals surface area contributed by atoms with Crippen LogP contribution in [0.3, 0.4) is 0 Å². The van der Waals surface area contributed by atoms with Crippen molar-refractivity contribution in [3.05, 3.63) is 71.9 Å². The molecule has 0 saturated carbocycles. The zero-order valence-corrected chi connectivity index (χ0v) is 17.8. The number of hydrogen-bond acceptors (Lipinski definition) is 7. The molecule has 0 aliphatic rings. The lowest BCUT2D eigenvalue weighted by Gasteiger charge is -2.10. The minimum atomic E-state index is 0.579. The van der Waals surface area contributed by atoms with Crippen molar-refractivity contribution >= 4 is 11.8 Å². The van der Waals surface area contributed by atoms with Crippen LogP contribution in [-0.2, 0) is 25.1 Å². The summed E-state index contributed by atoms with van der Waals surface area (Å²) in [5, 5.41) is 13.8. The third-order valence-electron chi connectivity index (χ3n) is 4.67. The van der Waals surface area contributed by atoms with Gasteiger partial charge in [0.15, 0.2) is 16.8 Å². The molecule has 8 heteroatoms. The molecule has 4 aromatic rings. The van der Waals surface area contributed by atoms with E-state index in [2.05, 4.69) is 49.2 Å². The molecule has 0 atom stereocenters. The molecule has 2 aromatic heterocycles. The first-order valence-corrected chi connectivity index (χ1v) is 10.8. The number of aromatic nitrogens is 5. The zero-order valence-electron chi connectivity index (χ0n) is 17.0. The quantitative estimate of drug-likeness (QED) is 0.370. The highest BCUT2D eigenvalue weighted by molar-refractivity contribution is 7.98. The molecule has 30 heavy (non-hydrogen) atoms. The predicted octanol–water partition coefficient (Wildman–Crippen LogP) is 4.43. The van der Waals surface area contributed by atoms with Crippen LogP contribution in [0, 0.1) is 0 Å². The summed E-state index contributed by atoms with van der Waals surface area (Å²) in [4.78, 5) is 4.38. The molecule has 0 fully saturated rings. The first kappa shape index (κ1) is 20.2. The topological polar surface area (TPSA) is 78.9 Å². The molecule has 0 bridgehead atoms. The number of rotatable bonds is 9. The lowest BCUT2D eigenvalue weighted by atomic mass is 10.1. The van der Waals surface area contributed by atoms with E-state index >= 15 is 0 Å². The van der Waals surface area contributed by atoms with Crippen LogP contribution >= 0.6 is 11.8 Å². The summed E-state index contributed by atoms with van der Waals surface area (Å²) >= 11 is 1.56. The average Bonchev–Trinajstić information content (AvgIpc) is 3.43. The fraction of sp³-hybridized carbons (Fsp3) is 0.273. The summed E-state index contributed by atoms with van der Waals surface area (Å²) in [6.07, 6.45) is 1.62. The number of ether oxygens (including phenoxy) is 1. The first-order chi connectivity index (χ1) is 14.8. The summed E-state index contributed by atoms with van der Waals surface area (Å²) in [6, 6.07) is 18.3. The normalized spacial score (nSPS) is 11.0. The summed E-state index contributed by atoms with van der Waals surface area (Å²) < 4.78 is 12.6. The molecule has 2 heterocycles. The van der Waals surface area contributed by atoms with Gasteiger partial charge in [0.2, 0.25) is 5.89 Å². The Labute approximate surface area is 179 Å². The summed E-state index contributed by atoms with van der Waals surface area (Å²) in [5.41, 5.74) is 2.27. The minimum Gasteiger partial charge on any atom is -0.497 e. The number of thioether (sulfide) groups is 1. The van der Waals surface area contributed by atoms with Crippen molar-refractivity contribution in [2.24, 2.45) is 0 Å². The van der Waals surface area contributed by atoms with Crippen molar-refractivity contribution in [2.45, 2.75) is 37.2 Å². The van der Waals surface area contributed by atoms with Gasteiger partial charge in [0.05, 0.1) is 12.9 Å². The number of nitrogens with zero attached hydrogens (tertiary/aromatic N) is 5. The Morgan fingerprint density at radius 1 is 1.03 bits per heavy atom. The van der Waals surface area contributed by atoms with Crippen molar-refractivity contribution in [2.75, 3.05) is 7.11 Å². The molecule has 0 amide bonds. The Morgan fingerprint density at radius 3 is 2.53 bits per heavy atom. The van der Waals surface area contributed by atoms with E-state index in [1.165, 1.54) is 5.56 Å². The van der Waals surface area contributed by atoms with Crippen LogP contribution in [0.15, 0.2) is 64.3 Å². The average molecular weight is 422 g/mol. The Bertz CT molecular complexity index is 1080. The SMILES string of the molecule is CCc1nc(CSc2nnc(-c3ccc(OC)cc3)n2CCc2ccccc2)no1. The second kappa shape index (κ2) is 9.58. The number of aryl methyl sites for hydroxylation is 2. The number of hydrogen-bond donors (Lipinski definition) is 0. The van der Waals surface area contributed by atoms with Gasteiger partial charge in [-0.25, -0.2) is 0 Å². The van der Waals surface area contributed by atoms with Crippen molar-refractivity contribution in [1.29, 1.82) is 0 Å². The molecule has 0 spiro atoms. The van der Waals surface area contributed by atoms with Crippen molar-refractivity contribution in [3.63, 3.8) is 0 Å². The Balaban J connectivity index is 1.58. The highest BCUT2D eigenvalue weighted by atomic mass is 32.2. The maximum absolute atomic E-state index is 5.27. The lowest BCUT2D eigenvalue weighted by molar-refractivity contribution is 0.378. The molecular formula is C22H23N5O2S. The van der Waals surface area contributed by atoms with Crippen LogP contribution in [0.25, 0.3) is 11.4 Å². The molecular weight excluding hydrogens is 398 g/mol. The Kier molecular flexibility index (Phi) is 6.44. The first-order valence-electron chi connectivity index (χ1n) is 9.82. The van der Waals surface area contributed by atoms with Gasteiger partial charge in [0, 0.05) is 18.5 Å². The van der Waals surface area contributed by atoms with Crippen LogP contribution in [0.2, 0.25) is 0 Å². The van der Waals surface area contributed by atoms with E-state index in [0.29, 0.717) is 17.5 Å². The van der Waals surface area contributed by atoms with E-state index in [1.807, 2.05) is 37.3 Å². The maximum Gasteiger partial charge on any atom is 0.226 e. The van der Waals surface area contributed by atoms with Gasteiger partial charge in [-0.05, 0) is 36.2 Å². The highest BCUT2D eigenvalue weighted by Crippen LogP contribution is 2.27. The van der Waals surface area contributed by atoms with Gasteiger partial charge >= 0.3 is 0 Å². The van der Waals surface area contributed by atoms with Gasteiger partial charge in [0.25, 0.3) is 0 Å². The molecule has 0 saturated heterocycles. The molecule has 0 N–H and O–H groups in total. The molecule has 0 aliphatic carbocycles. The fourth-order valence-electron chi connectivity index (χ4n) is 3.06. The van der Waals surface area contributed by atoms with Crippen LogP contribution < -0.4 is 4.74 Å². The number of benzene rings is 2. The third-order valence-corrected chi connectivity index (χ3v) is 5.64. The van der Waals surface area contributed by atoms with E-state index in [9.17, 15) is 0 Å². The third kappa shape index (κ3) is 4.71. The lowest BCUT2D eigenvalue weighted by Crippen LogP contribution is -2.05. The van der Waals surface area contributed by atoms with Crippen LogP contribution in [0.5, 0.6) is 5.75 Å². The molecule has 0 aliphatic heterocycles. The summed E-state index contributed by atoms with van der Waals surface area (Å²) in [6.45, 7) is 2.76. The van der Waals surface area contributed by atoms with Crippen LogP contribution in [0.1, 0.15) is 24.2 Å². The van der Waals surface area contributed by atoms with E-state index < -0.39 is 0 Å². The van der Waals surface area contributed by atoms with Crippen molar-refractivity contribution in [1.82, 2.24) is 24.9 Å². The predicted molar refractivity (Wildman–Crippen MR) is 115 cm³/mol. The van der Waals surface area contributed by atoms with E-state index in [-0.39, 0.29) is 0 Å². The second-order valence-corrected chi connectivity index (χ2v) is 7.61. The van der Waals surface area contributed by atoms with Gasteiger partial charge in [-0.2, -0.15) is 4.98 Å². The summed E-state index contributed by atoms with van der Waals surface area (Å²) in [7, 11) is 1.66. The van der Waals surface area contributed by atoms with Gasteiger partial charge in [-0.15, -0.1) is 10.2 Å². The van der Waals surface area contributed by atoms with Gasteiger partial charge in [0.1, 0.15) is 5.75 Å². The van der Waals surface area contributed by atoms with Crippen LogP contribution in [0.4, 0.5) is 0 Å². The van der Waals surface area contributed by atoms with Crippen molar-refractivity contribution in [3.8, 4) is 17.1 Å². The number of methoxy groups -OCH3 is 1. The van der Waals surface area contributed by atoms with Crippen LogP contribution in [-0.4, -0.2) is 32.0 Å². The molecule has 154 valence electrons. The molecule has 2 aromatic carbocycles. The van der Waals surface area contributed by atoms with Gasteiger partial charge < -0.3 is 13.8 Å². The zero-order chi connectivity index (χ0) is 20.8. The minimum absolute atomic E-state index is 0.579. The van der Waals surface area contributed by atoms with E-state index in [0.717, 1.165) is 41.7 Å². The molecule has 0 unspecified atom stereocenters. The molecule has 4 rings (SSSR count). The standard InChI is InChI=1S/C22H23N5O2S/c1-3-20-23-19(26-29-20)15-30-22-25-24-21(17-9-11-18(28-2)12-10-17)27(22)14-13-16-7-5-4-6-8-16/h4-12H,3,13-15H2,1-2H3. The van der Waals surface area contributed by atoms with Gasteiger partial charge in [-0.1, -0.05) is 54.2 Å². The highest BCUT2D eigenvalue weighted by Gasteiger charge is 2.16. The largest absolute Gasteiger partial charge is 0.497 e. The Morgan fingerprint density at radius 2 is 1.83 bits per heavy atom.